The minimum Gasteiger partial charge on any atom is -0.493 e. The highest BCUT2D eigenvalue weighted by Crippen LogP contribution is 2.22. The Morgan fingerprint density at radius 1 is 1.12 bits per heavy atom. The Kier molecular flexibility index (Phi) is 5.95. The summed E-state index contributed by atoms with van der Waals surface area (Å²) in [5.41, 5.74) is 4.64. The smallest absolute Gasteiger partial charge is 0.220 e. The molecule has 0 fully saturated rings. The molecule has 2 N–H and O–H groups in total. The second-order valence-electron chi connectivity index (χ2n) is 6.67. The van der Waals surface area contributed by atoms with E-state index in [1.54, 1.807) is 0 Å². The van der Waals surface area contributed by atoms with Gasteiger partial charge in [0.05, 0.1) is 6.61 Å². The maximum absolute atomic E-state index is 12.0. The summed E-state index contributed by atoms with van der Waals surface area (Å²) in [4.78, 5) is 15.2. The van der Waals surface area contributed by atoms with Crippen LogP contribution in [-0.4, -0.2) is 24.0 Å². The van der Waals surface area contributed by atoms with Crippen molar-refractivity contribution in [3.05, 3.63) is 65.4 Å². The van der Waals surface area contributed by atoms with E-state index in [0.29, 0.717) is 19.6 Å². The molecule has 0 saturated carbocycles. The Morgan fingerprint density at radius 3 is 2.73 bits per heavy atom. The molecule has 1 heterocycles. The first-order valence-corrected chi connectivity index (χ1v) is 9.15. The van der Waals surface area contributed by atoms with Gasteiger partial charge in [-0.3, -0.25) is 4.79 Å². The fourth-order valence-electron chi connectivity index (χ4n) is 3.13. The summed E-state index contributed by atoms with van der Waals surface area (Å²) >= 11 is 0. The molecule has 1 aromatic heterocycles. The van der Waals surface area contributed by atoms with E-state index in [0.717, 1.165) is 35.2 Å². The van der Waals surface area contributed by atoms with E-state index in [2.05, 4.69) is 34.6 Å². The highest BCUT2D eigenvalue weighted by molar-refractivity contribution is 5.80. The van der Waals surface area contributed by atoms with Crippen molar-refractivity contribution in [1.29, 1.82) is 0 Å². The Morgan fingerprint density at radius 2 is 1.92 bits per heavy atom. The molecular formula is C22H26N2O2. The molecule has 4 heteroatoms. The first-order valence-electron chi connectivity index (χ1n) is 9.15. The molecule has 0 spiro atoms. The van der Waals surface area contributed by atoms with Crippen LogP contribution in [0.1, 0.15) is 29.5 Å². The van der Waals surface area contributed by atoms with Crippen molar-refractivity contribution >= 4 is 16.8 Å². The van der Waals surface area contributed by atoms with Crippen molar-refractivity contribution in [2.24, 2.45) is 0 Å². The first-order chi connectivity index (χ1) is 12.6. The quantitative estimate of drug-likeness (QED) is 0.595. The molecule has 0 bridgehead atoms. The predicted octanol–water partition coefficient (Wildman–Crippen LogP) is 4.30. The number of amides is 1. The molecule has 0 aliphatic heterocycles. The number of H-pyrrole nitrogens is 1. The molecule has 4 nitrogen and oxygen atoms in total. The molecule has 2 aromatic carbocycles. The number of aromatic amines is 1. The lowest BCUT2D eigenvalue weighted by atomic mass is 10.1. The van der Waals surface area contributed by atoms with Gasteiger partial charge in [-0.2, -0.15) is 0 Å². The topological polar surface area (TPSA) is 54.1 Å². The van der Waals surface area contributed by atoms with Crippen LogP contribution >= 0.6 is 0 Å². The zero-order chi connectivity index (χ0) is 18.4. The van der Waals surface area contributed by atoms with Crippen LogP contribution < -0.4 is 10.1 Å². The van der Waals surface area contributed by atoms with Gasteiger partial charge < -0.3 is 15.0 Å². The Bertz CT molecular complexity index is 862. The van der Waals surface area contributed by atoms with Gasteiger partial charge in [-0.1, -0.05) is 24.3 Å². The average molecular weight is 350 g/mol. The van der Waals surface area contributed by atoms with Crippen molar-refractivity contribution in [3.63, 3.8) is 0 Å². The lowest BCUT2D eigenvalue weighted by Crippen LogP contribution is -2.25. The third-order valence-electron chi connectivity index (χ3n) is 4.56. The fraction of sp³-hybridized carbons (Fsp3) is 0.318. The summed E-state index contributed by atoms with van der Waals surface area (Å²) in [6, 6.07) is 14.5. The maximum atomic E-state index is 12.0. The summed E-state index contributed by atoms with van der Waals surface area (Å²) in [7, 11) is 0. The summed E-state index contributed by atoms with van der Waals surface area (Å²) in [6.07, 6.45) is 3.99. The molecular weight excluding hydrogens is 324 g/mol. The van der Waals surface area contributed by atoms with Crippen molar-refractivity contribution in [2.75, 3.05) is 13.2 Å². The number of hydrogen-bond donors (Lipinski definition) is 2. The van der Waals surface area contributed by atoms with E-state index in [-0.39, 0.29) is 5.91 Å². The number of aryl methyl sites for hydroxylation is 2. The molecule has 0 unspecified atom stereocenters. The third-order valence-corrected chi connectivity index (χ3v) is 4.56. The molecule has 26 heavy (non-hydrogen) atoms. The van der Waals surface area contributed by atoms with E-state index in [1.165, 1.54) is 10.9 Å². The highest BCUT2D eigenvalue weighted by Gasteiger charge is 2.05. The molecule has 3 rings (SSSR count). The van der Waals surface area contributed by atoms with Crippen LogP contribution in [0, 0.1) is 13.8 Å². The summed E-state index contributed by atoms with van der Waals surface area (Å²) < 4.78 is 5.84. The van der Waals surface area contributed by atoms with Gasteiger partial charge in [0.15, 0.2) is 0 Å². The van der Waals surface area contributed by atoms with Gasteiger partial charge in [-0.05, 0) is 67.0 Å². The summed E-state index contributed by atoms with van der Waals surface area (Å²) in [6.45, 7) is 5.30. The number of para-hydroxylation sites is 1. The van der Waals surface area contributed by atoms with Crippen LogP contribution in [0.4, 0.5) is 0 Å². The second-order valence-corrected chi connectivity index (χ2v) is 6.67. The minimum absolute atomic E-state index is 0.0813. The zero-order valence-electron chi connectivity index (χ0n) is 15.5. The number of carbonyl (C=O) groups is 1. The average Bonchev–Trinajstić information content (AvgIpc) is 3.08. The van der Waals surface area contributed by atoms with Gasteiger partial charge in [-0.25, -0.2) is 0 Å². The number of carbonyl (C=O) groups excluding carboxylic acids is 1. The van der Waals surface area contributed by atoms with Crippen LogP contribution in [0.15, 0.2) is 48.7 Å². The van der Waals surface area contributed by atoms with Gasteiger partial charge in [0.2, 0.25) is 5.91 Å². The monoisotopic (exact) mass is 350 g/mol. The van der Waals surface area contributed by atoms with E-state index < -0.39 is 0 Å². The molecule has 0 atom stereocenters. The van der Waals surface area contributed by atoms with E-state index in [4.69, 9.17) is 4.74 Å². The Balaban J connectivity index is 1.35. The third kappa shape index (κ3) is 4.66. The second kappa shape index (κ2) is 8.56. The minimum atomic E-state index is 0.0813. The van der Waals surface area contributed by atoms with E-state index in [9.17, 15) is 4.79 Å². The molecule has 136 valence electrons. The lowest BCUT2D eigenvalue weighted by molar-refractivity contribution is -0.121. The standard InChI is InChI=1S/C22H26N2O2/c1-16-5-3-6-17(2)22(16)26-14-4-7-21(25)24-12-10-18-8-9-20-19(15-18)11-13-23-20/h3,5-6,8-9,11,13,15,23H,4,7,10,12,14H2,1-2H3,(H,24,25). The number of hydrogen-bond acceptors (Lipinski definition) is 2. The lowest BCUT2D eigenvalue weighted by Gasteiger charge is -2.11. The highest BCUT2D eigenvalue weighted by atomic mass is 16.5. The van der Waals surface area contributed by atoms with Gasteiger partial charge in [-0.15, -0.1) is 0 Å². The van der Waals surface area contributed by atoms with Crippen LogP contribution in [0.3, 0.4) is 0 Å². The van der Waals surface area contributed by atoms with Gasteiger partial charge in [0.25, 0.3) is 0 Å². The van der Waals surface area contributed by atoms with Crippen molar-refractivity contribution in [3.8, 4) is 5.75 Å². The normalized spacial score (nSPS) is 10.8. The maximum Gasteiger partial charge on any atom is 0.220 e. The largest absolute Gasteiger partial charge is 0.493 e. The number of ether oxygens (including phenoxy) is 1. The molecule has 0 aliphatic rings. The molecule has 3 aromatic rings. The van der Waals surface area contributed by atoms with Crippen molar-refractivity contribution in [2.45, 2.75) is 33.1 Å². The molecule has 0 radical (unpaired) electrons. The van der Waals surface area contributed by atoms with Crippen molar-refractivity contribution in [1.82, 2.24) is 10.3 Å². The fourth-order valence-corrected chi connectivity index (χ4v) is 3.13. The number of nitrogens with one attached hydrogen (secondary N) is 2. The Labute approximate surface area is 154 Å². The summed E-state index contributed by atoms with van der Waals surface area (Å²) in [5.74, 6) is 1.02. The summed E-state index contributed by atoms with van der Waals surface area (Å²) in [5, 5.41) is 4.20. The van der Waals surface area contributed by atoms with Gasteiger partial charge in [0.1, 0.15) is 5.75 Å². The predicted molar refractivity (Wildman–Crippen MR) is 106 cm³/mol. The number of aromatic nitrogens is 1. The van der Waals surface area contributed by atoms with Crippen LogP contribution in [0.2, 0.25) is 0 Å². The SMILES string of the molecule is Cc1cccc(C)c1OCCCC(=O)NCCc1ccc2[nH]ccc2c1. The molecule has 0 saturated heterocycles. The molecule has 0 aliphatic carbocycles. The van der Waals surface area contributed by atoms with Crippen LogP contribution in [0.25, 0.3) is 10.9 Å². The molecule has 1 amide bonds. The zero-order valence-corrected chi connectivity index (χ0v) is 15.5. The first kappa shape index (κ1) is 18.1. The van der Waals surface area contributed by atoms with Crippen LogP contribution in [-0.2, 0) is 11.2 Å². The van der Waals surface area contributed by atoms with Crippen molar-refractivity contribution < 1.29 is 9.53 Å². The van der Waals surface area contributed by atoms with Gasteiger partial charge >= 0.3 is 0 Å². The van der Waals surface area contributed by atoms with E-state index in [1.807, 2.05) is 38.2 Å². The van der Waals surface area contributed by atoms with Crippen LogP contribution in [0.5, 0.6) is 5.75 Å². The number of rotatable bonds is 8. The number of benzene rings is 2. The van der Waals surface area contributed by atoms with Gasteiger partial charge in [0, 0.05) is 24.7 Å². The van der Waals surface area contributed by atoms with E-state index >= 15 is 0 Å². The Hall–Kier alpha value is -2.75. The number of fused-ring (bicyclic) bond motifs is 1.